The van der Waals surface area contributed by atoms with Crippen molar-refractivity contribution in [2.75, 3.05) is 0 Å². The Labute approximate surface area is 201 Å². The molecule has 168 valence electrons. The van der Waals surface area contributed by atoms with E-state index >= 15 is 0 Å². The molecule has 0 N–H and O–H groups in total. The fourth-order valence-electron chi connectivity index (χ4n) is 5.17. The Morgan fingerprint density at radius 1 is 0.657 bits per heavy atom. The first-order valence-electron chi connectivity index (χ1n) is 11.6. The molecule has 0 unspecified atom stereocenters. The van der Waals surface area contributed by atoms with Crippen LogP contribution in [-0.2, 0) is 5.41 Å². The fraction of sp³-hybridized carbons (Fsp3) is 0.103. The van der Waals surface area contributed by atoms with Gasteiger partial charge in [-0.05, 0) is 12.1 Å². The van der Waals surface area contributed by atoms with E-state index in [1.54, 1.807) is 0 Å². The lowest BCUT2D eigenvalue weighted by Crippen LogP contribution is -2.24. The van der Waals surface area contributed by atoms with Crippen LogP contribution in [0.4, 0.5) is 0 Å². The maximum absolute atomic E-state index is 6.59. The maximum Gasteiger partial charge on any atom is 0.273 e. The zero-order chi connectivity index (χ0) is 23.6. The van der Waals surface area contributed by atoms with Gasteiger partial charge in [0.25, 0.3) is 5.95 Å². The minimum Gasteiger partial charge on any atom is -0.454 e. The van der Waals surface area contributed by atoms with Crippen LogP contribution in [0.2, 0.25) is 0 Å². The maximum atomic E-state index is 6.59. The summed E-state index contributed by atoms with van der Waals surface area (Å²) >= 11 is 0. The van der Waals surface area contributed by atoms with E-state index in [4.69, 9.17) is 4.74 Å². The number of hydrogen-bond acceptors (Lipinski definition) is 5. The van der Waals surface area contributed by atoms with Crippen molar-refractivity contribution in [3.63, 3.8) is 0 Å². The van der Waals surface area contributed by atoms with E-state index in [9.17, 15) is 0 Å². The molecule has 2 aromatic heterocycles. The molecule has 0 radical (unpaired) electrons. The van der Waals surface area contributed by atoms with Gasteiger partial charge in [-0.25, -0.2) is 0 Å². The highest BCUT2D eigenvalue weighted by molar-refractivity contribution is 6.11. The van der Waals surface area contributed by atoms with Crippen molar-refractivity contribution >= 4 is 21.8 Å². The quantitative estimate of drug-likeness (QED) is 0.300. The van der Waals surface area contributed by atoms with Crippen LogP contribution in [0, 0.1) is 0 Å². The summed E-state index contributed by atoms with van der Waals surface area (Å²) < 4.78 is 8.61. The highest BCUT2D eigenvalue weighted by atomic mass is 16.5. The van der Waals surface area contributed by atoms with Gasteiger partial charge >= 0.3 is 0 Å². The number of benzene rings is 4. The molecule has 4 aromatic carbocycles. The fourth-order valence-corrected chi connectivity index (χ4v) is 5.17. The van der Waals surface area contributed by atoms with E-state index in [-0.39, 0.29) is 5.41 Å². The summed E-state index contributed by atoms with van der Waals surface area (Å²) in [7, 11) is 0. The second kappa shape index (κ2) is 7.21. The molecule has 0 aliphatic carbocycles. The Hall–Kier alpha value is -4.58. The summed E-state index contributed by atoms with van der Waals surface area (Å²) in [4.78, 5) is 0. The largest absolute Gasteiger partial charge is 0.454 e. The normalized spacial score (nSPS) is 13.9. The average molecular weight is 456 g/mol. The molecule has 0 saturated heterocycles. The molecule has 6 heteroatoms. The van der Waals surface area contributed by atoms with Crippen molar-refractivity contribution in [3.05, 3.63) is 102 Å². The Balaban J connectivity index is 1.52. The van der Waals surface area contributed by atoms with E-state index in [2.05, 4.69) is 70.6 Å². The van der Waals surface area contributed by atoms with Crippen molar-refractivity contribution in [1.82, 2.24) is 25.0 Å². The van der Waals surface area contributed by atoms with Crippen LogP contribution in [0.1, 0.15) is 25.0 Å². The molecular weight excluding hydrogens is 434 g/mol. The summed E-state index contributed by atoms with van der Waals surface area (Å²) in [6, 6.07) is 30.6. The number of nitrogens with zero attached hydrogens (tertiary/aromatic N) is 5. The van der Waals surface area contributed by atoms with Crippen molar-refractivity contribution < 1.29 is 4.74 Å². The molecule has 1 aliphatic rings. The van der Waals surface area contributed by atoms with Gasteiger partial charge in [0.2, 0.25) is 5.82 Å². The molecule has 35 heavy (non-hydrogen) atoms. The van der Waals surface area contributed by atoms with Gasteiger partial charge in [-0.3, -0.25) is 4.57 Å². The zero-order valence-corrected chi connectivity index (χ0v) is 19.3. The molecule has 7 rings (SSSR count). The molecule has 6 aromatic rings. The number of rotatable bonds is 2. The second-order valence-corrected chi connectivity index (χ2v) is 9.30. The monoisotopic (exact) mass is 455 g/mol. The third-order valence-electron chi connectivity index (χ3n) is 6.94. The van der Waals surface area contributed by atoms with Crippen molar-refractivity contribution in [2.24, 2.45) is 0 Å². The van der Waals surface area contributed by atoms with Crippen LogP contribution in [0.5, 0.6) is 11.5 Å². The smallest absolute Gasteiger partial charge is 0.273 e. The highest BCUT2D eigenvalue weighted by Crippen LogP contribution is 2.51. The first-order chi connectivity index (χ1) is 17.1. The number of para-hydroxylation sites is 2. The number of hydrogen-bond donors (Lipinski definition) is 0. The van der Waals surface area contributed by atoms with Crippen LogP contribution in [0.15, 0.2) is 91.0 Å². The van der Waals surface area contributed by atoms with E-state index in [0.29, 0.717) is 11.8 Å². The molecular formula is C29H21N5O. The van der Waals surface area contributed by atoms with Gasteiger partial charge in [0.15, 0.2) is 5.75 Å². The lowest BCUT2D eigenvalue weighted by atomic mass is 9.75. The highest BCUT2D eigenvalue weighted by Gasteiger charge is 2.36. The molecule has 0 saturated carbocycles. The SMILES string of the molecule is CC1(C)c2ccccc2Oc2c1ccc1c3ccccc3n(-c3nnc(-c4ccccc4)nn3)c21. The van der Waals surface area contributed by atoms with Gasteiger partial charge in [0.05, 0.1) is 5.52 Å². The van der Waals surface area contributed by atoms with E-state index < -0.39 is 0 Å². The zero-order valence-electron chi connectivity index (χ0n) is 19.3. The first-order valence-corrected chi connectivity index (χ1v) is 11.6. The predicted octanol–water partition coefficient (Wildman–Crippen LogP) is 6.46. The Bertz CT molecular complexity index is 1740. The number of aromatic nitrogens is 5. The molecule has 0 bridgehead atoms. The van der Waals surface area contributed by atoms with Gasteiger partial charge < -0.3 is 4.74 Å². The predicted molar refractivity (Wildman–Crippen MR) is 136 cm³/mol. The number of ether oxygens (including phenoxy) is 1. The molecule has 0 atom stereocenters. The van der Waals surface area contributed by atoms with Crippen molar-refractivity contribution in [2.45, 2.75) is 19.3 Å². The molecule has 6 nitrogen and oxygen atoms in total. The minimum absolute atomic E-state index is 0.228. The molecule has 0 fully saturated rings. The van der Waals surface area contributed by atoms with Crippen molar-refractivity contribution in [3.8, 4) is 28.8 Å². The standard InChI is InChI=1S/C29H21N5O/c1-29(2)21-13-7-9-15-24(21)35-26-22(29)17-16-20-19-12-6-8-14-23(19)34(25(20)26)28-32-30-27(31-33-28)18-10-4-3-5-11-18/h3-17H,1-2H3. The third-order valence-corrected chi connectivity index (χ3v) is 6.94. The van der Waals surface area contributed by atoms with Crippen molar-refractivity contribution in [1.29, 1.82) is 0 Å². The third kappa shape index (κ3) is 2.83. The van der Waals surface area contributed by atoms with E-state index in [0.717, 1.165) is 44.4 Å². The molecule has 0 amide bonds. The van der Waals surface area contributed by atoms with Crippen LogP contribution in [0.3, 0.4) is 0 Å². The van der Waals surface area contributed by atoms with Crippen LogP contribution < -0.4 is 4.74 Å². The van der Waals surface area contributed by atoms with Gasteiger partial charge in [-0.2, -0.15) is 0 Å². The summed E-state index contributed by atoms with van der Waals surface area (Å²) in [5.41, 5.74) is 4.83. The van der Waals surface area contributed by atoms with Gasteiger partial charge in [0, 0.05) is 32.9 Å². The first kappa shape index (κ1) is 19.9. The molecule has 3 heterocycles. The van der Waals surface area contributed by atoms with E-state index in [1.807, 2.05) is 59.2 Å². The average Bonchev–Trinajstić information content (AvgIpc) is 3.24. The number of fused-ring (bicyclic) bond motifs is 6. The van der Waals surface area contributed by atoms with Gasteiger partial charge in [-0.1, -0.05) is 92.7 Å². The summed E-state index contributed by atoms with van der Waals surface area (Å²) in [6.07, 6.45) is 0. The Morgan fingerprint density at radius 3 is 2.20 bits per heavy atom. The molecule has 1 aliphatic heterocycles. The lowest BCUT2D eigenvalue weighted by molar-refractivity contribution is 0.421. The van der Waals surface area contributed by atoms with E-state index in [1.165, 1.54) is 5.56 Å². The minimum atomic E-state index is -0.228. The van der Waals surface area contributed by atoms with Crippen LogP contribution in [-0.4, -0.2) is 25.0 Å². The Morgan fingerprint density at radius 2 is 1.37 bits per heavy atom. The lowest BCUT2D eigenvalue weighted by Gasteiger charge is -2.34. The summed E-state index contributed by atoms with van der Waals surface area (Å²) in [5, 5.41) is 20.0. The Kier molecular flexibility index (Phi) is 4.09. The van der Waals surface area contributed by atoms with Gasteiger partial charge in [-0.15, -0.1) is 20.4 Å². The second-order valence-electron chi connectivity index (χ2n) is 9.30. The van der Waals surface area contributed by atoms with Crippen LogP contribution >= 0.6 is 0 Å². The summed E-state index contributed by atoms with van der Waals surface area (Å²) in [5.74, 6) is 2.58. The summed E-state index contributed by atoms with van der Waals surface area (Å²) in [6.45, 7) is 4.47. The molecule has 0 spiro atoms. The van der Waals surface area contributed by atoms with Crippen LogP contribution in [0.25, 0.3) is 39.1 Å². The topological polar surface area (TPSA) is 65.7 Å². The van der Waals surface area contributed by atoms with Gasteiger partial charge in [0.1, 0.15) is 11.3 Å².